The molecular weight excluding hydrogens is 432 g/mol. The number of aliphatic carboxylic acids is 1. The molecule has 0 spiro atoms. The first-order valence-corrected chi connectivity index (χ1v) is 9.98. The zero-order valence-corrected chi connectivity index (χ0v) is 18.2. The Labute approximate surface area is 184 Å². The van der Waals surface area contributed by atoms with Gasteiger partial charge in [-0.25, -0.2) is 4.79 Å². The third-order valence-corrected chi connectivity index (χ3v) is 4.33. The Morgan fingerprint density at radius 3 is 1.52 bits per heavy atom. The molecule has 0 saturated heterocycles. The fourth-order valence-corrected chi connectivity index (χ4v) is 2.59. The molecule has 0 bridgehead atoms. The van der Waals surface area contributed by atoms with E-state index < -0.39 is 72.5 Å². The number of carboxylic acid groups (broad SMARTS) is 1. The van der Waals surface area contributed by atoms with Crippen molar-refractivity contribution in [2.45, 2.75) is 57.3 Å². The second-order valence-corrected chi connectivity index (χ2v) is 7.65. The number of thiol groups is 1. The summed E-state index contributed by atoms with van der Waals surface area (Å²) < 4.78 is 0. The number of carbonyl (C=O) groups is 6. The molecule has 0 aromatic heterocycles. The van der Waals surface area contributed by atoms with Crippen LogP contribution in [0.5, 0.6) is 0 Å². The summed E-state index contributed by atoms with van der Waals surface area (Å²) in [5, 5.41) is 15.9. The van der Waals surface area contributed by atoms with E-state index in [9.17, 15) is 33.9 Å². The van der Waals surface area contributed by atoms with Gasteiger partial charge in [0.2, 0.25) is 29.5 Å². The van der Waals surface area contributed by atoms with Gasteiger partial charge in [-0.1, -0.05) is 13.8 Å². The van der Waals surface area contributed by atoms with Crippen LogP contribution in [0.25, 0.3) is 0 Å². The average Bonchev–Trinajstić information content (AvgIpc) is 2.64. The molecule has 10 N–H and O–H groups in total. The minimum atomic E-state index is -1.55. The Balaban J connectivity index is 5.51. The highest BCUT2D eigenvalue weighted by molar-refractivity contribution is 7.80. The second-order valence-electron chi connectivity index (χ2n) is 7.28. The number of nitrogens with two attached hydrogens (primary N) is 3. The number of carboxylic acids is 1. The Bertz CT molecular complexity index is 702. The standard InChI is InChI=1S/C17H30N6O7S/c1-7(2)3-11(17(29)30)23-16(28)10(5-13(20)25)22-15(27)9(4-12(19)24)21-14(26)8(18)6-31/h7-11,31H,3-6,18H2,1-2H3,(H2,19,24)(H2,20,25)(H,21,26)(H,22,27)(H,23,28)(H,29,30)/t8-,9-,10-,11-/m0/s1. The van der Waals surface area contributed by atoms with Crippen LogP contribution in [0.15, 0.2) is 0 Å². The highest BCUT2D eigenvalue weighted by atomic mass is 32.1. The molecule has 4 atom stereocenters. The molecule has 0 fully saturated rings. The van der Waals surface area contributed by atoms with Gasteiger partial charge in [0.25, 0.3) is 0 Å². The number of nitrogens with one attached hydrogen (secondary N) is 3. The molecule has 0 saturated carbocycles. The molecule has 176 valence electrons. The Morgan fingerprint density at radius 2 is 1.19 bits per heavy atom. The van der Waals surface area contributed by atoms with Crippen LogP contribution < -0.4 is 33.2 Å². The first-order chi connectivity index (χ1) is 14.3. The molecule has 14 heteroatoms. The van der Waals surface area contributed by atoms with Crippen molar-refractivity contribution < 1.29 is 33.9 Å². The van der Waals surface area contributed by atoms with Gasteiger partial charge in [0.1, 0.15) is 18.1 Å². The van der Waals surface area contributed by atoms with E-state index in [1.54, 1.807) is 13.8 Å². The molecular formula is C17H30N6O7S. The number of carbonyl (C=O) groups excluding carboxylic acids is 5. The number of rotatable bonds is 14. The van der Waals surface area contributed by atoms with Crippen LogP contribution in [0.4, 0.5) is 0 Å². The summed E-state index contributed by atoms with van der Waals surface area (Å²) in [4.78, 5) is 71.1. The molecule has 0 heterocycles. The molecule has 0 aromatic rings. The maximum atomic E-state index is 12.6. The predicted molar refractivity (Wildman–Crippen MR) is 112 cm³/mol. The van der Waals surface area contributed by atoms with Gasteiger partial charge in [-0.05, 0) is 12.3 Å². The van der Waals surface area contributed by atoms with Crippen molar-refractivity contribution >= 4 is 48.1 Å². The summed E-state index contributed by atoms with van der Waals surface area (Å²) >= 11 is 3.86. The SMILES string of the molecule is CC(C)C[C@H](NC(=O)[C@H](CC(N)=O)NC(=O)[C@H](CC(N)=O)NC(=O)[C@@H](N)CS)C(=O)O. The number of amides is 5. The zero-order chi connectivity index (χ0) is 24.3. The lowest BCUT2D eigenvalue weighted by molar-refractivity contribution is -0.143. The van der Waals surface area contributed by atoms with Crippen LogP contribution in [0.2, 0.25) is 0 Å². The largest absolute Gasteiger partial charge is 0.480 e. The topological polar surface area (TPSA) is 237 Å². The molecule has 0 rings (SSSR count). The lowest BCUT2D eigenvalue weighted by Crippen LogP contribution is -2.58. The van der Waals surface area contributed by atoms with E-state index in [0.29, 0.717) is 0 Å². The summed E-state index contributed by atoms with van der Waals surface area (Å²) in [6, 6.07) is -5.40. The summed E-state index contributed by atoms with van der Waals surface area (Å²) in [6.07, 6.45) is -1.17. The molecule has 0 radical (unpaired) electrons. The van der Waals surface area contributed by atoms with Crippen molar-refractivity contribution in [3.05, 3.63) is 0 Å². The maximum absolute atomic E-state index is 12.6. The van der Waals surface area contributed by atoms with E-state index in [0.717, 1.165) is 0 Å². The third-order valence-electron chi connectivity index (χ3n) is 3.93. The molecule has 0 aliphatic heterocycles. The average molecular weight is 463 g/mol. The van der Waals surface area contributed by atoms with Crippen molar-refractivity contribution in [2.75, 3.05) is 5.75 Å². The minimum absolute atomic E-state index is 0.0458. The second kappa shape index (κ2) is 13.4. The first kappa shape index (κ1) is 28.1. The van der Waals surface area contributed by atoms with Crippen molar-refractivity contribution in [3.63, 3.8) is 0 Å². The van der Waals surface area contributed by atoms with Crippen LogP contribution in [-0.2, 0) is 28.8 Å². The zero-order valence-electron chi connectivity index (χ0n) is 17.3. The van der Waals surface area contributed by atoms with Gasteiger partial charge in [0, 0.05) is 5.75 Å². The summed E-state index contributed by atoms with van der Waals surface area (Å²) in [6.45, 7) is 3.49. The molecule has 0 aliphatic rings. The van der Waals surface area contributed by atoms with Crippen molar-refractivity contribution in [2.24, 2.45) is 23.1 Å². The molecule has 31 heavy (non-hydrogen) atoms. The van der Waals surface area contributed by atoms with Gasteiger partial charge in [-0.15, -0.1) is 0 Å². The van der Waals surface area contributed by atoms with E-state index in [1.807, 2.05) is 0 Å². The van der Waals surface area contributed by atoms with Crippen molar-refractivity contribution in [1.29, 1.82) is 0 Å². The van der Waals surface area contributed by atoms with E-state index >= 15 is 0 Å². The van der Waals surface area contributed by atoms with Gasteiger partial charge < -0.3 is 38.3 Å². The molecule has 0 aromatic carbocycles. The smallest absolute Gasteiger partial charge is 0.326 e. The summed E-state index contributed by atoms with van der Waals surface area (Å²) in [5.41, 5.74) is 15.7. The molecule has 13 nitrogen and oxygen atoms in total. The number of hydrogen-bond acceptors (Lipinski definition) is 8. The van der Waals surface area contributed by atoms with E-state index in [1.165, 1.54) is 0 Å². The normalized spacial score (nSPS) is 14.6. The Kier molecular flexibility index (Phi) is 12.2. The monoisotopic (exact) mass is 462 g/mol. The quantitative estimate of drug-likeness (QED) is 0.121. The Hall–Kier alpha value is -2.87. The Morgan fingerprint density at radius 1 is 0.806 bits per heavy atom. The van der Waals surface area contributed by atoms with Crippen LogP contribution in [0.3, 0.4) is 0 Å². The van der Waals surface area contributed by atoms with E-state index in [2.05, 4.69) is 28.6 Å². The molecule has 5 amide bonds. The third kappa shape index (κ3) is 11.2. The summed E-state index contributed by atoms with van der Waals surface area (Å²) in [7, 11) is 0. The highest BCUT2D eigenvalue weighted by Crippen LogP contribution is 2.06. The molecule has 0 unspecified atom stereocenters. The number of hydrogen-bond donors (Lipinski definition) is 8. The predicted octanol–water partition coefficient (Wildman–Crippen LogP) is -3.42. The van der Waals surface area contributed by atoms with Gasteiger partial charge in [0.15, 0.2) is 0 Å². The maximum Gasteiger partial charge on any atom is 0.326 e. The van der Waals surface area contributed by atoms with Crippen LogP contribution in [0, 0.1) is 5.92 Å². The van der Waals surface area contributed by atoms with Gasteiger partial charge in [-0.2, -0.15) is 12.6 Å². The molecule has 0 aliphatic carbocycles. The fraction of sp³-hybridized carbons (Fsp3) is 0.647. The van der Waals surface area contributed by atoms with Crippen LogP contribution in [-0.4, -0.2) is 70.5 Å². The van der Waals surface area contributed by atoms with E-state index in [4.69, 9.17) is 17.2 Å². The fourth-order valence-electron chi connectivity index (χ4n) is 2.42. The number of primary amides is 2. The van der Waals surface area contributed by atoms with Gasteiger partial charge >= 0.3 is 5.97 Å². The van der Waals surface area contributed by atoms with E-state index in [-0.39, 0.29) is 18.1 Å². The van der Waals surface area contributed by atoms with Crippen molar-refractivity contribution in [3.8, 4) is 0 Å². The lowest BCUT2D eigenvalue weighted by atomic mass is 10.0. The first-order valence-electron chi connectivity index (χ1n) is 9.35. The van der Waals surface area contributed by atoms with Crippen LogP contribution in [0.1, 0.15) is 33.1 Å². The minimum Gasteiger partial charge on any atom is -0.480 e. The lowest BCUT2D eigenvalue weighted by Gasteiger charge is -2.24. The van der Waals surface area contributed by atoms with Crippen LogP contribution >= 0.6 is 12.6 Å². The highest BCUT2D eigenvalue weighted by Gasteiger charge is 2.32. The van der Waals surface area contributed by atoms with Gasteiger partial charge in [0.05, 0.1) is 18.9 Å². The van der Waals surface area contributed by atoms with Crippen molar-refractivity contribution in [1.82, 2.24) is 16.0 Å². The summed E-state index contributed by atoms with van der Waals surface area (Å²) in [5.74, 6) is -6.09. The van der Waals surface area contributed by atoms with Gasteiger partial charge in [-0.3, -0.25) is 24.0 Å².